The monoisotopic (exact) mass is 287 g/mol. The molecule has 2 aromatic rings. The quantitative estimate of drug-likeness (QED) is 0.873. The van der Waals surface area contributed by atoms with Gasteiger partial charge in [-0.1, -0.05) is 30.3 Å². The predicted octanol–water partition coefficient (Wildman–Crippen LogP) is 3.63. The van der Waals surface area contributed by atoms with Crippen LogP contribution in [0.5, 0.6) is 0 Å². The number of carbonyl (C=O) groups excluding carboxylic acids is 1. The molecule has 0 amide bonds. The molecule has 0 radical (unpaired) electrons. The summed E-state index contributed by atoms with van der Waals surface area (Å²) in [6.07, 6.45) is 0. The summed E-state index contributed by atoms with van der Waals surface area (Å²) in [7, 11) is 1.34. The second-order valence-corrected chi connectivity index (χ2v) is 5.06. The van der Waals surface area contributed by atoms with Crippen molar-refractivity contribution >= 4 is 11.7 Å². The Labute approximate surface area is 123 Å². The van der Waals surface area contributed by atoms with Crippen LogP contribution in [-0.4, -0.2) is 13.1 Å². The molecule has 2 aromatic carbocycles. The summed E-state index contributed by atoms with van der Waals surface area (Å²) >= 11 is 0. The van der Waals surface area contributed by atoms with Crippen molar-refractivity contribution in [3.8, 4) is 0 Å². The number of hydrogen-bond acceptors (Lipinski definition) is 3. The molecule has 0 aromatic heterocycles. The third kappa shape index (κ3) is 3.05. The number of para-hydroxylation sites is 1. The zero-order valence-electron chi connectivity index (χ0n) is 12.3. The number of halogens is 1. The highest BCUT2D eigenvalue weighted by Crippen LogP contribution is 2.29. The Kier molecular flexibility index (Phi) is 4.26. The minimum absolute atomic E-state index is 0.346. The predicted molar refractivity (Wildman–Crippen MR) is 80.6 cm³/mol. The van der Waals surface area contributed by atoms with Crippen molar-refractivity contribution in [1.82, 2.24) is 0 Å². The minimum Gasteiger partial charge on any atom is -0.467 e. The molecule has 0 fully saturated rings. The lowest BCUT2D eigenvalue weighted by Crippen LogP contribution is -2.41. The van der Waals surface area contributed by atoms with Gasteiger partial charge in [0, 0.05) is 5.69 Å². The first-order chi connectivity index (χ1) is 9.97. The number of ether oxygens (including phenoxy) is 1. The topological polar surface area (TPSA) is 38.3 Å². The normalized spacial score (nSPS) is 13.3. The Bertz CT molecular complexity index is 639. The maximum absolute atomic E-state index is 13.1. The van der Waals surface area contributed by atoms with Crippen LogP contribution in [0.2, 0.25) is 0 Å². The minimum atomic E-state index is -1.09. The van der Waals surface area contributed by atoms with E-state index in [1.54, 1.807) is 19.1 Å². The molecule has 0 heterocycles. The molecule has 0 bridgehead atoms. The van der Waals surface area contributed by atoms with Crippen molar-refractivity contribution in [2.45, 2.75) is 19.4 Å². The molecule has 0 saturated carbocycles. The smallest absolute Gasteiger partial charge is 0.335 e. The molecule has 110 valence electrons. The average Bonchev–Trinajstić information content (AvgIpc) is 2.49. The number of esters is 1. The van der Waals surface area contributed by atoms with Crippen LogP contribution in [0.1, 0.15) is 18.1 Å². The van der Waals surface area contributed by atoms with Gasteiger partial charge in [-0.15, -0.1) is 0 Å². The van der Waals surface area contributed by atoms with Gasteiger partial charge in [0.1, 0.15) is 5.82 Å². The van der Waals surface area contributed by atoms with Crippen LogP contribution in [0.3, 0.4) is 0 Å². The van der Waals surface area contributed by atoms with Crippen molar-refractivity contribution in [2.75, 3.05) is 12.4 Å². The number of hydrogen-bond donors (Lipinski definition) is 1. The summed E-state index contributed by atoms with van der Waals surface area (Å²) in [5.41, 5.74) is 1.39. The maximum atomic E-state index is 13.1. The van der Waals surface area contributed by atoms with Crippen molar-refractivity contribution < 1.29 is 13.9 Å². The standard InChI is InChI=1S/C17H18FNO2/c1-12-6-4-5-7-15(12)19-17(2,16(20)21-3)13-8-10-14(18)11-9-13/h4-11,19H,1-3H3. The third-order valence-corrected chi connectivity index (χ3v) is 3.54. The fourth-order valence-electron chi connectivity index (χ4n) is 2.21. The lowest BCUT2D eigenvalue weighted by Gasteiger charge is -2.30. The average molecular weight is 287 g/mol. The van der Waals surface area contributed by atoms with E-state index in [9.17, 15) is 9.18 Å². The van der Waals surface area contributed by atoms with Gasteiger partial charge in [-0.25, -0.2) is 9.18 Å². The summed E-state index contributed by atoms with van der Waals surface area (Å²) in [6.45, 7) is 3.67. The van der Waals surface area contributed by atoms with E-state index in [1.165, 1.54) is 19.2 Å². The summed E-state index contributed by atoms with van der Waals surface area (Å²) in [6, 6.07) is 13.5. The molecule has 3 nitrogen and oxygen atoms in total. The summed E-state index contributed by atoms with van der Waals surface area (Å²) in [5.74, 6) is -0.779. The fourth-order valence-corrected chi connectivity index (χ4v) is 2.21. The largest absolute Gasteiger partial charge is 0.467 e. The zero-order chi connectivity index (χ0) is 15.5. The second kappa shape index (κ2) is 5.95. The number of aryl methyl sites for hydroxylation is 1. The fraction of sp³-hybridized carbons (Fsp3) is 0.235. The number of benzene rings is 2. The number of rotatable bonds is 4. The molecule has 0 aliphatic rings. The van der Waals surface area contributed by atoms with Crippen molar-refractivity contribution in [3.63, 3.8) is 0 Å². The Morgan fingerprint density at radius 3 is 2.33 bits per heavy atom. The molecular weight excluding hydrogens is 269 g/mol. The molecule has 1 unspecified atom stereocenters. The van der Waals surface area contributed by atoms with Crippen LogP contribution in [-0.2, 0) is 15.1 Å². The van der Waals surface area contributed by atoms with Gasteiger partial charge in [0.2, 0.25) is 0 Å². The van der Waals surface area contributed by atoms with Gasteiger partial charge >= 0.3 is 5.97 Å². The molecule has 0 saturated heterocycles. The van der Waals surface area contributed by atoms with E-state index >= 15 is 0 Å². The molecule has 21 heavy (non-hydrogen) atoms. The first-order valence-electron chi connectivity index (χ1n) is 6.65. The Morgan fingerprint density at radius 1 is 1.14 bits per heavy atom. The summed E-state index contributed by atoms with van der Waals surface area (Å²) in [4.78, 5) is 12.3. The lowest BCUT2D eigenvalue weighted by atomic mass is 9.91. The highest BCUT2D eigenvalue weighted by atomic mass is 19.1. The van der Waals surface area contributed by atoms with Crippen molar-refractivity contribution in [3.05, 3.63) is 65.5 Å². The van der Waals surface area contributed by atoms with Crippen LogP contribution in [0, 0.1) is 12.7 Å². The molecule has 1 atom stereocenters. The SMILES string of the molecule is COC(=O)C(C)(Nc1ccccc1C)c1ccc(F)cc1. The molecule has 2 rings (SSSR count). The molecule has 1 N–H and O–H groups in total. The first kappa shape index (κ1) is 15.0. The molecule has 4 heteroatoms. The van der Waals surface area contributed by atoms with E-state index in [-0.39, 0.29) is 5.82 Å². The van der Waals surface area contributed by atoms with Gasteiger partial charge in [0.15, 0.2) is 5.54 Å². The van der Waals surface area contributed by atoms with Crippen LogP contribution < -0.4 is 5.32 Å². The van der Waals surface area contributed by atoms with E-state index in [2.05, 4.69) is 5.32 Å². The molecule has 0 aliphatic heterocycles. The van der Waals surface area contributed by atoms with E-state index in [1.807, 2.05) is 31.2 Å². The van der Waals surface area contributed by atoms with Gasteiger partial charge in [0.05, 0.1) is 7.11 Å². The first-order valence-corrected chi connectivity index (χ1v) is 6.65. The lowest BCUT2D eigenvalue weighted by molar-refractivity contribution is -0.145. The van der Waals surface area contributed by atoms with Gasteiger partial charge in [-0.3, -0.25) is 0 Å². The third-order valence-electron chi connectivity index (χ3n) is 3.54. The highest BCUT2D eigenvalue weighted by Gasteiger charge is 2.36. The number of nitrogens with one attached hydrogen (secondary N) is 1. The van der Waals surface area contributed by atoms with E-state index < -0.39 is 11.5 Å². The molecule has 0 spiro atoms. The van der Waals surface area contributed by atoms with Crippen LogP contribution in [0.4, 0.5) is 10.1 Å². The number of carbonyl (C=O) groups is 1. The maximum Gasteiger partial charge on any atom is 0.335 e. The van der Waals surface area contributed by atoms with E-state index in [0.717, 1.165) is 11.3 Å². The van der Waals surface area contributed by atoms with Crippen LogP contribution >= 0.6 is 0 Å². The molecular formula is C17H18FNO2. The van der Waals surface area contributed by atoms with Crippen LogP contribution in [0.25, 0.3) is 0 Å². The van der Waals surface area contributed by atoms with Crippen molar-refractivity contribution in [2.24, 2.45) is 0 Å². The van der Waals surface area contributed by atoms with Crippen molar-refractivity contribution in [1.29, 1.82) is 0 Å². The summed E-state index contributed by atoms with van der Waals surface area (Å²) in [5, 5.41) is 3.21. The van der Waals surface area contributed by atoms with Gasteiger partial charge in [-0.2, -0.15) is 0 Å². The Hall–Kier alpha value is -2.36. The van der Waals surface area contributed by atoms with Gasteiger partial charge < -0.3 is 10.1 Å². The summed E-state index contributed by atoms with van der Waals surface area (Å²) < 4.78 is 18.0. The Morgan fingerprint density at radius 2 is 1.76 bits per heavy atom. The number of methoxy groups -OCH3 is 1. The van der Waals surface area contributed by atoms with Gasteiger partial charge in [-0.05, 0) is 43.2 Å². The second-order valence-electron chi connectivity index (χ2n) is 5.06. The number of anilines is 1. The van der Waals surface area contributed by atoms with E-state index in [0.29, 0.717) is 5.56 Å². The van der Waals surface area contributed by atoms with Gasteiger partial charge in [0.25, 0.3) is 0 Å². The van der Waals surface area contributed by atoms with Crippen LogP contribution in [0.15, 0.2) is 48.5 Å². The Balaban J connectivity index is 2.45. The molecule has 0 aliphatic carbocycles. The zero-order valence-corrected chi connectivity index (χ0v) is 12.3. The van der Waals surface area contributed by atoms with E-state index in [4.69, 9.17) is 4.74 Å². The highest BCUT2D eigenvalue weighted by molar-refractivity contribution is 5.86.